The van der Waals surface area contributed by atoms with Crippen LogP contribution in [0.4, 0.5) is 5.69 Å². The monoisotopic (exact) mass is 555 g/mol. The first-order valence-corrected chi connectivity index (χ1v) is 13.8. The van der Waals surface area contributed by atoms with Crippen molar-refractivity contribution in [2.75, 3.05) is 24.5 Å². The molecule has 2 aliphatic heterocycles. The van der Waals surface area contributed by atoms with Crippen molar-refractivity contribution in [2.45, 2.75) is 63.7 Å². The maximum absolute atomic E-state index is 12.9. The van der Waals surface area contributed by atoms with Crippen LogP contribution in [0.3, 0.4) is 0 Å². The molecule has 1 spiro atoms. The highest BCUT2D eigenvalue weighted by Gasteiger charge is 2.46. The van der Waals surface area contributed by atoms with Crippen LogP contribution in [0.2, 0.25) is 0 Å². The maximum Gasteiger partial charge on any atom is 0.335 e. The Morgan fingerprint density at radius 2 is 1.61 bits per heavy atom. The molecular formula is C28H32BrN2O5+. The second-order valence-corrected chi connectivity index (χ2v) is 11.8. The smallest absolute Gasteiger partial charge is 0.335 e. The number of quaternary nitrogens is 1. The Morgan fingerprint density at radius 3 is 2.14 bits per heavy atom. The van der Waals surface area contributed by atoms with Gasteiger partial charge in [-0.1, -0.05) is 0 Å². The van der Waals surface area contributed by atoms with Crippen molar-refractivity contribution in [3.8, 4) is 11.5 Å². The highest BCUT2D eigenvalue weighted by molar-refractivity contribution is 9.10. The zero-order valence-electron chi connectivity index (χ0n) is 20.3. The van der Waals surface area contributed by atoms with Crippen LogP contribution in [0, 0.1) is 5.41 Å². The fourth-order valence-electron chi connectivity index (χ4n) is 5.48. The van der Waals surface area contributed by atoms with E-state index in [4.69, 9.17) is 14.6 Å². The van der Waals surface area contributed by atoms with Crippen LogP contribution in [0.15, 0.2) is 40.9 Å². The maximum atomic E-state index is 12.9. The number of halogens is 1. The first-order chi connectivity index (χ1) is 17.4. The van der Waals surface area contributed by atoms with E-state index in [1.165, 1.54) is 10.5 Å². The number of aromatic carboxylic acids is 1. The van der Waals surface area contributed by atoms with Crippen LogP contribution < -0.4 is 19.3 Å². The predicted octanol–water partition coefficient (Wildman–Crippen LogP) is 3.83. The number of hydrogen-bond donors (Lipinski definition) is 2. The number of carboxylic acids is 1. The molecule has 2 saturated carbocycles. The molecule has 2 saturated heterocycles. The summed E-state index contributed by atoms with van der Waals surface area (Å²) in [6.07, 6.45) is 7.71. The van der Waals surface area contributed by atoms with Crippen LogP contribution >= 0.6 is 15.9 Å². The van der Waals surface area contributed by atoms with Crippen molar-refractivity contribution in [1.29, 1.82) is 0 Å². The Balaban J connectivity index is 1.11. The van der Waals surface area contributed by atoms with Gasteiger partial charge in [0.25, 0.3) is 0 Å². The van der Waals surface area contributed by atoms with Gasteiger partial charge in [0.05, 0.1) is 30.9 Å². The fourth-order valence-corrected chi connectivity index (χ4v) is 5.90. The normalized spacial score (nSPS) is 25.9. The molecule has 1 amide bonds. The molecule has 2 heterocycles. The Kier molecular flexibility index (Phi) is 6.20. The molecule has 2 aliphatic carbocycles. The lowest BCUT2D eigenvalue weighted by Crippen LogP contribution is -3.12. The fraction of sp³-hybridized carbons (Fsp3) is 0.500. The Morgan fingerprint density at radius 1 is 1.03 bits per heavy atom. The Labute approximate surface area is 219 Å². The van der Waals surface area contributed by atoms with E-state index < -0.39 is 5.97 Å². The molecular weight excluding hydrogens is 524 g/mol. The van der Waals surface area contributed by atoms with E-state index in [1.54, 1.807) is 24.3 Å². The van der Waals surface area contributed by atoms with Crippen molar-refractivity contribution < 1.29 is 29.1 Å². The van der Waals surface area contributed by atoms with Crippen LogP contribution in [-0.2, 0) is 11.3 Å². The minimum absolute atomic E-state index is 0.00621. The van der Waals surface area contributed by atoms with E-state index >= 15 is 0 Å². The molecule has 2 aromatic carbocycles. The van der Waals surface area contributed by atoms with Crippen molar-refractivity contribution in [2.24, 2.45) is 5.41 Å². The minimum atomic E-state index is -0.954. The third kappa shape index (κ3) is 5.11. The molecule has 2 aromatic rings. The lowest BCUT2D eigenvalue weighted by molar-refractivity contribution is -0.921. The SMILES string of the molecule is O=C(O)c1ccc(N2CC3(CC[NH+](Cc4cc(OC5CC5)c(Br)c(OC5CC5)c4)CC3)CC2=O)cc1. The van der Waals surface area contributed by atoms with E-state index in [2.05, 4.69) is 28.1 Å². The number of benzene rings is 2. The predicted molar refractivity (Wildman–Crippen MR) is 138 cm³/mol. The third-order valence-electron chi connectivity index (χ3n) is 7.92. The summed E-state index contributed by atoms with van der Waals surface area (Å²) in [6, 6.07) is 11.0. The number of anilines is 1. The summed E-state index contributed by atoms with van der Waals surface area (Å²) in [5, 5.41) is 9.15. The summed E-state index contributed by atoms with van der Waals surface area (Å²) < 4.78 is 13.3. The van der Waals surface area contributed by atoms with Gasteiger partial charge in [0.1, 0.15) is 22.5 Å². The summed E-state index contributed by atoms with van der Waals surface area (Å²) in [5.41, 5.74) is 2.27. The van der Waals surface area contributed by atoms with E-state index in [9.17, 15) is 9.59 Å². The van der Waals surface area contributed by atoms with Crippen LogP contribution in [-0.4, -0.2) is 48.8 Å². The van der Waals surface area contributed by atoms with E-state index in [1.807, 2.05) is 4.90 Å². The Hall–Kier alpha value is -2.58. The zero-order valence-corrected chi connectivity index (χ0v) is 21.9. The average Bonchev–Trinajstić information content (AvgIpc) is 3.79. The number of carbonyl (C=O) groups excluding carboxylic acids is 1. The van der Waals surface area contributed by atoms with Crippen molar-refractivity contribution in [3.63, 3.8) is 0 Å². The van der Waals surface area contributed by atoms with Crippen LogP contribution in [0.1, 0.15) is 60.9 Å². The topological polar surface area (TPSA) is 80.5 Å². The molecule has 7 nitrogen and oxygen atoms in total. The molecule has 8 heteroatoms. The van der Waals surface area contributed by atoms with Gasteiger partial charge < -0.3 is 24.4 Å². The van der Waals surface area contributed by atoms with Crippen molar-refractivity contribution in [1.82, 2.24) is 0 Å². The van der Waals surface area contributed by atoms with Gasteiger partial charge in [-0.05, 0) is 78.0 Å². The molecule has 6 rings (SSSR count). The van der Waals surface area contributed by atoms with Crippen LogP contribution in [0.5, 0.6) is 11.5 Å². The summed E-state index contributed by atoms with van der Waals surface area (Å²) >= 11 is 3.71. The summed E-state index contributed by atoms with van der Waals surface area (Å²) in [5.74, 6) is 0.969. The number of hydrogen-bond acceptors (Lipinski definition) is 4. The highest BCUT2D eigenvalue weighted by Crippen LogP contribution is 2.42. The van der Waals surface area contributed by atoms with E-state index in [0.29, 0.717) is 25.2 Å². The quantitative estimate of drug-likeness (QED) is 0.517. The lowest BCUT2D eigenvalue weighted by atomic mass is 9.77. The van der Waals surface area contributed by atoms with Crippen molar-refractivity contribution in [3.05, 3.63) is 52.0 Å². The van der Waals surface area contributed by atoms with Crippen LogP contribution in [0.25, 0.3) is 0 Å². The van der Waals surface area contributed by atoms with Gasteiger partial charge in [0.2, 0.25) is 5.91 Å². The number of nitrogens with zero attached hydrogens (tertiary/aromatic N) is 1. The number of carboxylic acid groups (broad SMARTS) is 1. The van der Waals surface area contributed by atoms with Gasteiger partial charge in [-0.3, -0.25) is 4.79 Å². The number of carbonyl (C=O) groups is 2. The molecule has 0 unspecified atom stereocenters. The minimum Gasteiger partial charge on any atom is -0.489 e. The number of nitrogens with one attached hydrogen (secondary N) is 1. The van der Waals surface area contributed by atoms with Gasteiger partial charge in [-0.15, -0.1) is 0 Å². The number of likely N-dealkylation sites (tertiary alicyclic amines) is 1. The molecule has 0 aromatic heterocycles. The third-order valence-corrected chi connectivity index (χ3v) is 8.70. The molecule has 0 atom stereocenters. The summed E-state index contributed by atoms with van der Waals surface area (Å²) in [6.45, 7) is 3.67. The zero-order chi connectivity index (χ0) is 24.9. The average molecular weight is 556 g/mol. The number of rotatable bonds is 8. The molecule has 36 heavy (non-hydrogen) atoms. The summed E-state index contributed by atoms with van der Waals surface area (Å²) in [4.78, 5) is 27.4. The second kappa shape index (κ2) is 9.38. The lowest BCUT2D eigenvalue weighted by Gasteiger charge is -2.36. The number of piperidine rings is 1. The molecule has 0 bridgehead atoms. The van der Waals surface area contributed by atoms with Gasteiger partial charge in [-0.25, -0.2) is 4.79 Å². The van der Waals surface area contributed by atoms with E-state index in [-0.39, 0.29) is 16.9 Å². The first-order valence-electron chi connectivity index (χ1n) is 13.0. The highest BCUT2D eigenvalue weighted by atomic mass is 79.9. The standard InChI is InChI=1S/C28H31BrN2O5/c29-26-23(35-21-5-6-21)13-18(14-24(26)36-22-7-8-22)16-30-11-9-28(10-12-30)15-25(32)31(17-28)20-3-1-19(2-4-20)27(33)34/h1-4,13-14,21-22H,5-12,15-17H2,(H,33,34)/p+1. The molecule has 4 aliphatic rings. The van der Waals surface area contributed by atoms with Gasteiger partial charge >= 0.3 is 5.97 Å². The Bertz CT molecular complexity index is 1130. The largest absolute Gasteiger partial charge is 0.489 e. The molecule has 2 N–H and O–H groups in total. The van der Waals surface area contributed by atoms with Gasteiger partial charge in [0, 0.05) is 42.5 Å². The van der Waals surface area contributed by atoms with Gasteiger partial charge in [-0.2, -0.15) is 0 Å². The second-order valence-electron chi connectivity index (χ2n) is 11.0. The molecule has 4 fully saturated rings. The van der Waals surface area contributed by atoms with Crippen molar-refractivity contribution >= 4 is 33.5 Å². The number of amides is 1. The first kappa shape index (κ1) is 23.8. The van der Waals surface area contributed by atoms with E-state index in [0.717, 1.165) is 79.8 Å². The summed E-state index contributed by atoms with van der Waals surface area (Å²) in [7, 11) is 0. The molecule has 0 radical (unpaired) electrons. The van der Waals surface area contributed by atoms with Gasteiger partial charge in [0.15, 0.2) is 0 Å². The molecule has 190 valence electrons. The number of ether oxygens (including phenoxy) is 2.